The van der Waals surface area contributed by atoms with Gasteiger partial charge in [0.25, 0.3) is 0 Å². The lowest BCUT2D eigenvalue weighted by atomic mass is 9.80. The van der Waals surface area contributed by atoms with Crippen LogP contribution in [-0.4, -0.2) is 36.7 Å². The van der Waals surface area contributed by atoms with Crippen molar-refractivity contribution in [3.05, 3.63) is 0 Å². The first kappa shape index (κ1) is 12.4. The van der Waals surface area contributed by atoms with Gasteiger partial charge in [-0.3, -0.25) is 4.90 Å². The predicted molar refractivity (Wildman–Crippen MR) is 67.6 cm³/mol. The van der Waals surface area contributed by atoms with E-state index >= 15 is 0 Å². The molecular formula is C14H27NO. The molecule has 0 aromatic heterocycles. The van der Waals surface area contributed by atoms with E-state index in [1.165, 1.54) is 19.3 Å². The largest absolute Gasteiger partial charge is 0.375 e. The molecule has 1 aliphatic heterocycles. The summed E-state index contributed by atoms with van der Waals surface area (Å²) in [6.07, 6.45) is 4.68. The lowest BCUT2D eigenvalue weighted by molar-refractivity contribution is -0.0956. The van der Waals surface area contributed by atoms with Crippen LogP contribution in [0.1, 0.15) is 47.0 Å². The number of morpholine rings is 1. The Labute approximate surface area is 100 Å². The van der Waals surface area contributed by atoms with Crippen molar-refractivity contribution >= 4 is 0 Å². The van der Waals surface area contributed by atoms with Crippen LogP contribution in [0.5, 0.6) is 0 Å². The SMILES string of the molecule is CC(C)N1CCOC(C(C)(C)CC2CC2)C1. The summed E-state index contributed by atoms with van der Waals surface area (Å²) in [5.74, 6) is 0.994. The van der Waals surface area contributed by atoms with E-state index in [0.717, 1.165) is 25.6 Å². The molecule has 1 saturated heterocycles. The highest BCUT2D eigenvalue weighted by Crippen LogP contribution is 2.43. The molecule has 2 heteroatoms. The van der Waals surface area contributed by atoms with Crippen molar-refractivity contribution in [1.29, 1.82) is 0 Å². The molecule has 1 saturated carbocycles. The predicted octanol–water partition coefficient (Wildman–Crippen LogP) is 2.92. The third-order valence-corrected chi connectivity index (χ3v) is 4.21. The minimum Gasteiger partial charge on any atom is -0.375 e. The molecule has 1 aliphatic carbocycles. The fourth-order valence-electron chi connectivity index (χ4n) is 2.81. The third-order valence-electron chi connectivity index (χ3n) is 4.21. The van der Waals surface area contributed by atoms with Crippen LogP contribution in [0.15, 0.2) is 0 Å². The fraction of sp³-hybridized carbons (Fsp3) is 1.00. The van der Waals surface area contributed by atoms with Gasteiger partial charge in [0.05, 0.1) is 12.7 Å². The van der Waals surface area contributed by atoms with Crippen molar-refractivity contribution in [3.63, 3.8) is 0 Å². The van der Waals surface area contributed by atoms with Gasteiger partial charge < -0.3 is 4.74 Å². The van der Waals surface area contributed by atoms with Gasteiger partial charge in [0.2, 0.25) is 0 Å². The van der Waals surface area contributed by atoms with Gasteiger partial charge in [0, 0.05) is 19.1 Å². The number of hydrogen-bond donors (Lipinski definition) is 0. The van der Waals surface area contributed by atoms with E-state index in [2.05, 4.69) is 32.6 Å². The van der Waals surface area contributed by atoms with Gasteiger partial charge in [-0.25, -0.2) is 0 Å². The second kappa shape index (κ2) is 4.66. The molecule has 0 radical (unpaired) electrons. The molecule has 0 spiro atoms. The zero-order chi connectivity index (χ0) is 11.8. The Morgan fingerprint density at radius 2 is 2.00 bits per heavy atom. The molecule has 16 heavy (non-hydrogen) atoms. The topological polar surface area (TPSA) is 12.5 Å². The molecule has 0 aromatic carbocycles. The molecule has 2 nitrogen and oxygen atoms in total. The van der Waals surface area contributed by atoms with Gasteiger partial charge in [-0.15, -0.1) is 0 Å². The quantitative estimate of drug-likeness (QED) is 0.729. The van der Waals surface area contributed by atoms with Crippen molar-refractivity contribution in [2.75, 3.05) is 19.7 Å². The van der Waals surface area contributed by atoms with Crippen LogP contribution in [0, 0.1) is 11.3 Å². The molecule has 0 bridgehead atoms. The molecule has 0 N–H and O–H groups in total. The standard InChI is InChI=1S/C14H27NO/c1-11(2)15-7-8-16-13(10-15)14(3,4)9-12-5-6-12/h11-13H,5-10H2,1-4H3. The molecule has 1 unspecified atom stereocenters. The molecule has 0 amide bonds. The molecule has 0 aromatic rings. The maximum atomic E-state index is 6.01. The van der Waals surface area contributed by atoms with Crippen LogP contribution in [0.2, 0.25) is 0 Å². The highest BCUT2D eigenvalue weighted by Gasteiger charge is 2.38. The average Bonchev–Trinajstić information content (AvgIpc) is 3.01. The smallest absolute Gasteiger partial charge is 0.0753 e. The van der Waals surface area contributed by atoms with Crippen LogP contribution in [0.4, 0.5) is 0 Å². The molecule has 2 fully saturated rings. The minimum atomic E-state index is 0.356. The highest BCUT2D eigenvalue weighted by molar-refractivity contribution is 4.90. The molecule has 2 aliphatic rings. The number of nitrogens with zero attached hydrogens (tertiary/aromatic N) is 1. The number of rotatable bonds is 4. The third kappa shape index (κ3) is 2.98. The van der Waals surface area contributed by atoms with E-state index < -0.39 is 0 Å². The lowest BCUT2D eigenvalue weighted by Gasteiger charge is -2.43. The zero-order valence-electron chi connectivity index (χ0n) is 11.3. The van der Waals surface area contributed by atoms with Gasteiger partial charge in [-0.2, -0.15) is 0 Å². The van der Waals surface area contributed by atoms with E-state index in [1.807, 2.05) is 0 Å². The molecule has 1 atom stereocenters. The Morgan fingerprint density at radius 3 is 2.56 bits per heavy atom. The van der Waals surface area contributed by atoms with Crippen LogP contribution >= 0.6 is 0 Å². The second-order valence-corrected chi connectivity index (χ2v) is 6.58. The normalized spacial score (nSPS) is 28.7. The van der Waals surface area contributed by atoms with Gasteiger partial charge in [-0.05, 0) is 31.6 Å². The van der Waals surface area contributed by atoms with Crippen molar-refractivity contribution < 1.29 is 4.74 Å². The summed E-state index contributed by atoms with van der Waals surface area (Å²) in [6.45, 7) is 12.5. The van der Waals surface area contributed by atoms with Gasteiger partial charge >= 0.3 is 0 Å². The van der Waals surface area contributed by atoms with E-state index in [1.54, 1.807) is 0 Å². The molecule has 1 heterocycles. The fourth-order valence-corrected chi connectivity index (χ4v) is 2.81. The van der Waals surface area contributed by atoms with E-state index in [-0.39, 0.29) is 0 Å². The van der Waals surface area contributed by atoms with Gasteiger partial charge in [0.1, 0.15) is 0 Å². The summed E-state index contributed by atoms with van der Waals surface area (Å²) in [4.78, 5) is 2.56. The van der Waals surface area contributed by atoms with Crippen molar-refractivity contribution in [2.45, 2.75) is 59.1 Å². The van der Waals surface area contributed by atoms with Crippen LogP contribution < -0.4 is 0 Å². The van der Waals surface area contributed by atoms with Gasteiger partial charge in [-0.1, -0.05) is 26.7 Å². The number of ether oxygens (including phenoxy) is 1. The van der Waals surface area contributed by atoms with Crippen molar-refractivity contribution in [2.24, 2.45) is 11.3 Å². The maximum absolute atomic E-state index is 6.01. The Morgan fingerprint density at radius 1 is 1.31 bits per heavy atom. The first-order valence-corrected chi connectivity index (χ1v) is 6.84. The van der Waals surface area contributed by atoms with Crippen LogP contribution in [-0.2, 0) is 4.74 Å². The Bertz CT molecular complexity index is 233. The van der Waals surface area contributed by atoms with E-state index in [0.29, 0.717) is 17.6 Å². The summed E-state index contributed by atoms with van der Waals surface area (Å²) in [6, 6.07) is 0.656. The van der Waals surface area contributed by atoms with Crippen LogP contribution in [0.3, 0.4) is 0 Å². The highest BCUT2D eigenvalue weighted by atomic mass is 16.5. The second-order valence-electron chi connectivity index (χ2n) is 6.58. The monoisotopic (exact) mass is 225 g/mol. The first-order valence-electron chi connectivity index (χ1n) is 6.84. The summed E-state index contributed by atoms with van der Waals surface area (Å²) in [7, 11) is 0. The number of hydrogen-bond acceptors (Lipinski definition) is 2. The Kier molecular flexibility index (Phi) is 3.60. The molecular weight excluding hydrogens is 198 g/mol. The summed E-state index contributed by atoms with van der Waals surface area (Å²) in [5.41, 5.74) is 0.356. The van der Waals surface area contributed by atoms with Gasteiger partial charge in [0.15, 0.2) is 0 Å². The van der Waals surface area contributed by atoms with Crippen molar-refractivity contribution in [3.8, 4) is 0 Å². The van der Waals surface area contributed by atoms with Crippen LogP contribution in [0.25, 0.3) is 0 Å². The minimum absolute atomic E-state index is 0.356. The molecule has 2 rings (SSSR count). The zero-order valence-corrected chi connectivity index (χ0v) is 11.3. The average molecular weight is 225 g/mol. The van der Waals surface area contributed by atoms with Crippen molar-refractivity contribution in [1.82, 2.24) is 4.90 Å². The Balaban J connectivity index is 1.91. The van der Waals surface area contributed by atoms with E-state index in [4.69, 9.17) is 4.74 Å². The first-order chi connectivity index (χ1) is 7.49. The lowest BCUT2D eigenvalue weighted by Crippen LogP contribution is -2.51. The van der Waals surface area contributed by atoms with E-state index in [9.17, 15) is 0 Å². The summed E-state index contributed by atoms with van der Waals surface area (Å²) in [5, 5.41) is 0. The maximum Gasteiger partial charge on any atom is 0.0753 e. The summed E-state index contributed by atoms with van der Waals surface area (Å²) < 4.78 is 6.01. The Hall–Kier alpha value is -0.0800. The summed E-state index contributed by atoms with van der Waals surface area (Å²) >= 11 is 0. The molecule has 94 valence electrons.